The lowest BCUT2D eigenvalue weighted by molar-refractivity contribution is 0.0792. The van der Waals surface area contributed by atoms with Crippen molar-refractivity contribution in [2.24, 2.45) is 0 Å². The minimum absolute atomic E-state index is 0.0987. The first-order valence-corrected chi connectivity index (χ1v) is 7.22. The molecule has 19 heavy (non-hydrogen) atoms. The van der Waals surface area contributed by atoms with Crippen molar-refractivity contribution in [1.29, 1.82) is 0 Å². The Hall–Kier alpha value is -1.07. The summed E-state index contributed by atoms with van der Waals surface area (Å²) in [6.45, 7) is 2.76. The van der Waals surface area contributed by atoms with E-state index in [0.717, 1.165) is 36.2 Å². The number of rotatable bonds is 5. The monoisotopic (exact) mass is 327 g/mol. The van der Waals surface area contributed by atoms with E-state index in [4.69, 9.17) is 9.47 Å². The first-order chi connectivity index (χ1) is 9.22. The third-order valence-electron chi connectivity index (χ3n) is 3.12. The van der Waals surface area contributed by atoms with Gasteiger partial charge in [0.05, 0.1) is 11.1 Å². The van der Waals surface area contributed by atoms with E-state index in [1.165, 1.54) is 0 Å². The van der Waals surface area contributed by atoms with E-state index in [0.29, 0.717) is 18.8 Å². The van der Waals surface area contributed by atoms with Crippen molar-refractivity contribution >= 4 is 21.8 Å². The highest BCUT2D eigenvalue weighted by molar-refractivity contribution is 9.10. The van der Waals surface area contributed by atoms with Crippen molar-refractivity contribution in [2.45, 2.75) is 12.8 Å². The van der Waals surface area contributed by atoms with Gasteiger partial charge in [-0.15, -0.1) is 0 Å². The van der Waals surface area contributed by atoms with E-state index in [2.05, 4.69) is 15.9 Å². The quantitative estimate of drug-likeness (QED) is 0.780. The Morgan fingerprint density at radius 3 is 2.68 bits per heavy atom. The van der Waals surface area contributed by atoms with E-state index in [1.54, 1.807) is 7.11 Å². The number of benzene rings is 1. The first kappa shape index (κ1) is 14.3. The summed E-state index contributed by atoms with van der Waals surface area (Å²) in [4.78, 5) is 14.1. The van der Waals surface area contributed by atoms with Crippen molar-refractivity contribution in [3.05, 3.63) is 28.2 Å². The van der Waals surface area contributed by atoms with Gasteiger partial charge >= 0.3 is 0 Å². The highest BCUT2D eigenvalue weighted by Gasteiger charge is 2.20. The van der Waals surface area contributed by atoms with Gasteiger partial charge in [0.25, 0.3) is 5.91 Å². The van der Waals surface area contributed by atoms with Crippen molar-refractivity contribution in [1.82, 2.24) is 4.90 Å². The summed E-state index contributed by atoms with van der Waals surface area (Å²) < 4.78 is 11.3. The molecule has 5 heteroatoms. The molecule has 1 aromatic rings. The SMILES string of the molecule is COCCOc1ccc(C(=O)N2CCCC2)cc1Br. The minimum Gasteiger partial charge on any atom is -0.490 e. The molecule has 0 aromatic heterocycles. The Bertz CT molecular complexity index is 444. The Morgan fingerprint density at radius 2 is 2.05 bits per heavy atom. The Balaban J connectivity index is 2.03. The van der Waals surface area contributed by atoms with Crippen molar-refractivity contribution in [2.75, 3.05) is 33.4 Å². The van der Waals surface area contributed by atoms with Crippen LogP contribution in [0.15, 0.2) is 22.7 Å². The predicted molar refractivity (Wildman–Crippen MR) is 76.7 cm³/mol. The molecule has 1 aliphatic heterocycles. The smallest absolute Gasteiger partial charge is 0.253 e. The van der Waals surface area contributed by atoms with Crippen LogP contribution < -0.4 is 4.74 Å². The van der Waals surface area contributed by atoms with Gasteiger partial charge in [0.2, 0.25) is 0 Å². The van der Waals surface area contributed by atoms with Crippen LogP contribution in [0.1, 0.15) is 23.2 Å². The van der Waals surface area contributed by atoms with E-state index in [1.807, 2.05) is 23.1 Å². The minimum atomic E-state index is 0.0987. The molecule has 0 bridgehead atoms. The maximum absolute atomic E-state index is 12.2. The summed E-state index contributed by atoms with van der Waals surface area (Å²) in [6, 6.07) is 5.46. The standard InChI is InChI=1S/C14H18BrNO3/c1-18-8-9-19-13-5-4-11(10-12(13)15)14(17)16-6-2-3-7-16/h4-5,10H,2-3,6-9H2,1H3. The summed E-state index contributed by atoms with van der Waals surface area (Å²) in [5.41, 5.74) is 0.702. The Morgan fingerprint density at radius 1 is 1.32 bits per heavy atom. The molecule has 0 atom stereocenters. The molecule has 104 valence electrons. The fourth-order valence-corrected chi connectivity index (χ4v) is 2.58. The van der Waals surface area contributed by atoms with Crippen LogP contribution in [-0.4, -0.2) is 44.2 Å². The number of nitrogens with zero attached hydrogens (tertiary/aromatic N) is 1. The summed E-state index contributed by atoms with van der Waals surface area (Å²) in [6.07, 6.45) is 2.20. The fourth-order valence-electron chi connectivity index (χ4n) is 2.09. The van der Waals surface area contributed by atoms with Gasteiger partial charge < -0.3 is 14.4 Å². The van der Waals surface area contributed by atoms with Crippen LogP contribution >= 0.6 is 15.9 Å². The second-order valence-corrected chi connectivity index (χ2v) is 5.34. The number of halogens is 1. The molecule has 1 saturated heterocycles. The number of likely N-dealkylation sites (tertiary alicyclic amines) is 1. The van der Waals surface area contributed by atoms with Crippen LogP contribution in [0, 0.1) is 0 Å². The van der Waals surface area contributed by atoms with Crippen LogP contribution in [0.2, 0.25) is 0 Å². The van der Waals surface area contributed by atoms with Gasteiger partial charge in [0.1, 0.15) is 12.4 Å². The highest BCUT2D eigenvalue weighted by Crippen LogP contribution is 2.27. The van der Waals surface area contributed by atoms with Crippen LogP contribution in [0.4, 0.5) is 0 Å². The summed E-state index contributed by atoms with van der Waals surface area (Å²) >= 11 is 3.44. The number of carbonyl (C=O) groups is 1. The molecular formula is C14H18BrNO3. The largest absolute Gasteiger partial charge is 0.490 e. The normalized spacial score (nSPS) is 14.7. The average molecular weight is 328 g/mol. The number of carbonyl (C=O) groups excluding carboxylic acids is 1. The van der Waals surface area contributed by atoms with Crippen molar-refractivity contribution in [3.8, 4) is 5.75 Å². The van der Waals surface area contributed by atoms with Crippen LogP contribution in [0.25, 0.3) is 0 Å². The maximum atomic E-state index is 12.2. The number of hydrogen-bond acceptors (Lipinski definition) is 3. The van der Waals surface area contributed by atoms with Gasteiger partial charge in [0, 0.05) is 25.8 Å². The zero-order chi connectivity index (χ0) is 13.7. The van der Waals surface area contributed by atoms with E-state index >= 15 is 0 Å². The summed E-state index contributed by atoms with van der Waals surface area (Å²) in [5, 5.41) is 0. The van der Waals surface area contributed by atoms with Crippen LogP contribution in [0.3, 0.4) is 0 Å². The predicted octanol–water partition coefficient (Wildman–Crippen LogP) is 2.71. The molecule has 0 N–H and O–H groups in total. The molecule has 0 spiro atoms. The zero-order valence-electron chi connectivity index (χ0n) is 11.0. The van der Waals surface area contributed by atoms with Gasteiger partial charge in [-0.2, -0.15) is 0 Å². The molecule has 1 aliphatic rings. The molecule has 0 saturated carbocycles. The second kappa shape index (κ2) is 6.91. The first-order valence-electron chi connectivity index (χ1n) is 6.43. The summed E-state index contributed by atoms with van der Waals surface area (Å²) in [5.74, 6) is 0.830. The topological polar surface area (TPSA) is 38.8 Å². The number of amides is 1. The van der Waals surface area contributed by atoms with Crippen molar-refractivity contribution in [3.63, 3.8) is 0 Å². The van der Waals surface area contributed by atoms with Crippen molar-refractivity contribution < 1.29 is 14.3 Å². The Labute approximate surface area is 121 Å². The number of hydrogen-bond donors (Lipinski definition) is 0. The molecule has 1 heterocycles. The molecule has 0 radical (unpaired) electrons. The maximum Gasteiger partial charge on any atom is 0.253 e. The second-order valence-electron chi connectivity index (χ2n) is 4.49. The third kappa shape index (κ3) is 3.70. The molecular weight excluding hydrogens is 310 g/mol. The average Bonchev–Trinajstić information content (AvgIpc) is 2.94. The lowest BCUT2D eigenvalue weighted by atomic mass is 10.2. The number of ether oxygens (including phenoxy) is 2. The lowest BCUT2D eigenvalue weighted by Crippen LogP contribution is -2.27. The van der Waals surface area contributed by atoms with E-state index in [9.17, 15) is 4.79 Å². The molecule has 2 rings (SSSR count). The van der Waals surface area contributed by atoms with Gasteiger partial charge in [-0.05, 0) is 47.0 Å². The summed E-state index contributed by atoms with van der Waals surface area (Å²) in [7, 11) is 1.64. The van der Waals surface area contributed by atoms with Gasteiger partial charge in [0.15, 0.2) is 0 Å². The molecule has 0 unspecified atom stereocenters. The van der Waals surface area contributed by atoms with Gasteiger partial charge in [-0.1, -0.05) is 0 Å². The molecule has 1 amide bonds. The molecule has 1 fully saturated rings. The Kier molecular flexibility index (Phi) is 5.22. The number of methoxy groups -OCH3 is 1. The van der Waals surface area contributed by atoms with Crippen LogP contribution in [0.5, 0.6) is 5.75 Å². The molecule has 0 aliphatic carbocycles. The zero-order valence-corrected chi connectivity index (χ0v) is 12.6. The van der Waals surface area contributed by atoms with E-state index in [-0.39, 0.29) is 5.91 Å². The fraction of sp³-hybridized carbons (Fsp3) is 0.500. The van der Waals surface area contributed by atoms with Gasteiger partial charge in [-0.25, -0.2) is 0 Å². The van der Waals surface area contributed by atoms with Crippen LogP contribution in [-0.2, 0) is 4.74 Å². The molecule has 4 nitrogen and oxygen atoms in total. The molecule has 1 aromatic carbocycles. The third-order valence-corrected chi connectivity index (χ3v) is 3.74. The lowest BCUT2D eigenvalue weighted by Gasteiger charge is -2.16. The highest BCUT2D eigenvalue weighted by atomic mass is 79.9. The van der Waals surface area contributed by atoms with Gasteiger partial charge in [-0.3, -0.25) is 4.79 Å². The van der Waals surface area contributed by atoms with E-state index < -0.39 is 0 Å².